The van der Waals surface area contributed by atoms with E-state index in [1.807, 2.05) is 29.1 Å². The van der Waals surface area contributed by atoms with Crippen molar-refractivity contribution in [1.29, 1.82) is 0 Å². The molecule has 0 fully saturated rings. The number of benzene rings is 2. The summed E-state index contributed by atoms with van der Waals surface area (Å²) in [6.07, 6.45) is 5.63. The molecule has 1 aromatic heterocycles. The minimum Gasteiger partial charge on any atom is -0.247 e. The van der Waals surface area contributed by atoms with Gasteiger partial charge in [-0.15, -0.1) is 5.10 Å². The molecule has 0 N–H and O–H groups in total. The monoisotopic (exact) mass is 291 g/mol. The lowest BCUT2D eigenvalue weighted by Gasteiger charge is -2.01. The van der Waals surface area contributed by atoms with Gasteiger partial charge >= 0.3 is 0 Å². The normalized spacial score (nSPS) is 10.8. The second-order valence-corrected chi connectivity index (χ2v) is 5.59. The first kappa shape index (κ1) is 14.5. The molecule has 0 atom stereocenters. The van der Waals surface area contributed by atoms with Crippen molar-refractivity contribution in [3.05, 3.63) is 71.9 Å². The third-order valence-electron chi connectivity index (χ3n) is 3.79. The van der Waals surface area contributed by atoms with Crippen molar-refractivity contribution in [2.45, 2.75) is 32.7 Å². The lowest BCUT2D eigenvalue weighted by Crippen LogP contribution is -1.99. The Hall–Kier alpha value is -2.42. The number of hydrogen-bond donors (Lipinski definition) is 0. The topological polar surface area (TPSA) is 30.7 Å². The standard InChI is InChI=1S/C19H21N3/c1-2-3-7-16-10-12-18(13-11-16)19-15-22(21-20-19)14-17-8-5-4-6-9-17/h4-6,8-13,15H,2-3,7,14H2,1H3. The Kier molecular flexibility index (Phi) is 4.64. The number of nitrogens with zero attached hydrogens (tertiary/aromatic N) is 3. The van der Waals surface area contributed by atoms with Gasteiger partial charge in [-0.05, 0) is 24.0 Å². The van der Waals surface area contributed by atoms with Crippen LogP contribution in [0.15, 0.2) is 60.8 Å². The maximum atomic E-state index is 4.29. The van der Waals surface area contributed by atoms with Crippen LogP contribution in [0, 0.1) is 0 Å². The molecule has 0 spiro atoms. The van der Waals surface area contributed by atoms with Gasteiger partial charge in [0.1, 0.15) is 5.69 Å². The molecule has 2 aromatic carbocycles. The van der Waals surface area contributed by atoms with Gasteiger partial charge in [0.2, 0.25) is 0 Å². The van der Waals surface area contributed by atoms with Gasteiger partial charge in [0.05, 0.1) is 12.7 Å². The van der Waals surface area contributed by atoms with E-state index in [2.05, 4.69) is 53.6 Å². The highest BCUT2D eigenvalue weighted by Crippen LogP contribution is 2.18. The molecule has 0 saturated carbocycles. The summed E-state index contributed by atoms with van der Waals surface area (Å²) in [6, 6.07) is 19.0. The molecule has 3 heteroatoms. The molecule has 3 rings (SSSR count). The van der Waals surface area contributed by atoms with Crippen LogP contribution in [0.3, 0.4) is 0 Å². The molecule has 22 heavy (non-hydrogen) atoms. The molecule has 0 saturated heterocycles. The molecule has 0 aliphatic carbocycles. The van der Waals surface area contributed by atoms with Crippen molar-refractivity contribution < 1.29 is 0 Å². The Labute approximate surface area is 131 Å². The van der Waals surface area contributed by atoms with E-state index in [1.165, 1.54) is 24.0 Å². The molecule has 3 aromatic rings. The molecular weight excluding hydrogens is 270 g/mol. The van der Waals surface area contributed by atoms with E-state index in [9.17, 15) is 0 Å². The largest absolute Gasteiger partial charge is 0.247 e. The molecule has 0 aliphatic rings. The highest BCUT2D eigenvalue weighted by molar-refractivity contribution is 5.58. The zero-order chi connectivity index (χ0) is 15.2. The SMILES string of the molecule is CCCCc1ccc(-c2cn(Cc3ccccc3)nn2)cc1. The maximum absolute atomic E-state index is 4.29. The van der Waals surface area contributed by atoms with Crippen LogP contribution in [0.4, 0.5) is 0 Å². The van der Waals surface area contributed by atoms with Crippen molar-refractivity contribution in [2.24, 2.45) is 0 Å². The maximum Gasteiger partial charge on any atom is 0.113 e. The Balaban J connectivity index is 1.70. The smallest absolute Gasteiger partial charge is 0.113 e. The number of hydrogen-bond acceptors (Lipinski definition) is 2. The van der Waals surface area contributed by atoms with Gasteiger partial charge in [0, 0.05) is 5.56 Å². The van der Waals surface area contributed by atoms with Crippen LogP contribution in [-0.4, -0.2) is 15.0 Å². The average Bonchev–Trinajstić information content (AvgIpc) is 3.03. The molecule has 1 heterocycles. The summed E-state index contributed by atoms with van der Waals surface area (Å²) >= 11 is 0. The van der Waals surface area contributed by atoms with Gasteiger partial charge in [-0.1, -0.05) is 73.2 Å². The molecule has 0 radical (unpaired) electrons. The van der Waals surface area contributed by atoms with Crippen molar-refractivity contribution in [1.82, 2.24) is 15.0 Å². The van der Waals surface area contributed by atoms with E-state index in [-0.39, 0.29) is 0 Å². The zero-order valence-electron chi connectivity index (χ0n) is 12.9. The molecular formula is C19H21N3. The number of aryl methyl sites for hydroxylation is 1. The van der Waals surface area contributed by atoms with Crippen molar-refractivity contribution in [2.75, 3.05) is 0 Å². The van der Waals surface area contributed by atoms with Gasteiger partial charge in [-0.3, -0.25) is 0 Å². The van der Waals surface area contributed by atoms with Gasteiger partial charge in [-0.25, -0.2) is 4.68 Å². The van der Waals surface area contributed by atoms with E-state index < -0.39 is 0 Å². The highest BCUT2D eigenvalue weighted by atomic mass is 15.4. The molecule has 3 nitrogen and oxygen atoms in total. The molecule has 0 unspecified atom stereocenters. The van der Waals surface area contributed by atoms with Gasteiger partial charge in [0.25, 0.3) is 0 Å². The van der Waals surface area contributed by atoms with E-state index >= 15 is 0 Å². The summed E-state index contributed by atoms with van der Waals surface area (Å²) in [7, 11) is 0. The summed E-state index contributed by atoms with van der Waals surface area (Å²) in [6.45, 7) is 2.97. The lowest BCUT2D eigenvalue weighted by atomic mass is 10.1. The minimum absolute atomic E-state index is 0.752. The van der Waals surface area contributed by atoms with Crippen LogP contribution >= 0.6 is 0 Å². The first-order valence-electron chi connectivity index (χ1n) is 7.88. The highest BCUT2D eigenvalue weighted by Gasteiger charge is 2.04. The van der Waals surface area contributed by atoms with Crippen molar-refractivity contribution in [3.63, 3.8) is 0 Å². The predicted molar refractivity (Wildman–Crippen MR) is 89.6 cm³/mol. The van der Waals surface area contributed by atoms with E-state index in [0.29, 0.717) is 0 Å². The first-order valence-corrected chi connectivity index (χ1v) is 7.88. The Morgan fingerprint density at radius 2 is 1.68 bits per heavy atom. The fourth-order valence-corrected chi connectivity index (χ4v) is 2.50. The van der Waals surface area contributed by atoms with E-state index in [0.717, 1.165) is 24.2 Å². The van der Waals surface area contributed by atoms with Gasteiger partial charge < -0.3 is 0 Å². The van der Waals surface area contributed by atoms with Gasteiger partial charge in [0.15, 0.2) is 0 Å². The summed E-state index contributed by atoms with van der Waals surface area (Å²) in [5.41, 5.74) is 4.67. The summed E-state index contributed by atoms with van der Waals surface area (Å²) < 4.78 is 1.88. The summed E-state index contributed by atoms with van der Waals surface area (Å²) in [4.78, 5) is 0. The fraction of sp³-hybridized carbons (Fsp3) is 0.263. The zero-order valence-corrected chi connectivity index (χ0v) is 12.9. The van der Waals surface area contributed by atoms with E-state index in [4.69, 9.17) is 0 Å². The minimum atomic E-state index is 0.752. The quantitative estimate of drug-likeness (QED) is 0.676. The van der Waals surface area contributed by atoms with Crippen LogP contribution in [-0.2, 0) is 13.0 Å². The van der Waals surface area contributed by atoms with Crippen LogP contribution < -0.4 is 0 Å². The summed E-state index contributed by atoms with van der Waals surface area (Å²) in [5, 5.41) is 8.51. The molecule has 112 valence electrons. The van der Waals surface area contributed by atoms with Crippen LogP contribution in [0.2, 0.25) is 0 Å². The Bertz CT molecular complexity index is 699. The third kappa shape index (κ3) is 3.61. The molecule has 0 amide bonds. The lowest BCUT2D eigenvalue weighted by molar-refractivity contribution is 0.650. The first-order chi connectivity index (χ1) is 10.8. The summed E-state index contributed by atoms with van der Waals surface area (Å²) in [5.74, 6) is 0. The number of aromatic nitrogens is 3. The predicted octanol–water partition coefficient (Wildman–Crippen LogP) is 4.34. The van der Waals surface area contributed by atoms with E-state index in [1.54, 1.807) is 0 Å². The average molecular weight is 291 g/mol. The second kappa shape index (κ2) is 7.03. The number of rotatable bonds is 6. The molecule has 0 bridgehead atoms. The van der Waals surface area contributed by atoms with Crippen LogP contribution in [0.25, 0.3) is 11.3 Å². The fourth-order valence-electron chi connectivity index (χ4n) is 2.50. The second-order valence-electron chi connectivity index (χ2n) is 5.59. The van der Waals surface area contributed by atoms with Crippen molar-refractivity contribution >= 4 is 0 Å². The Morgan fingerprint density at radius 1 is 0.909 bits per heavy atom. The van der Waals surface area contributed by atoms with Crippen LogP contribution in [0.1, 0.15) is 30.9 Å². The number of unbranched alkanes of at least 4 members (excludes halogenated alkanes) is 1. The third-order valence-corrected chi connectivity index (χ3v) is 3.79. The van der Waals surface area contributed by atoms with Crippen molar-refractivity contribution in [3.8, 4) is 11.3 Å². The molecule has 0 aliphatic heterocycles. The van der Waals surface area contributed by atoms with Gasteiger partial charge in [-0.2, -0.15) is 0 Å². The Morgan fingerprint density at radius 3 is 2.41 bits per heavy atom. The van der Waals surface area contributed by atoms with Crippen LogP contribution in [0.5, 0.6) is 0 Å².